The van der Waals surface area contributed by atoms with E-state index in [0.717, 1.165) is 30.8 Å². The van der Waals surface area contributed by atoms with Crippen molar-refractivity contribution < 1.29 is 0 Å². The number of aryl methyl sites for hydroxylation is 2. The van der Waals surface area contributed by atoms with Crippen LogP contribution >= 0.6 is 0 Å². The third kappa shape index (κ3) is 3.39. The Hall–Kier alpha value is -1.81. The maximum Gasteiger partial charge on any atom is 0.0679 e. The number of hydrogen-bond acceptors (Lipinski definition) is 4. The monoisotopic (exact) mass is 270 g/mol. The molecule has 1 atom stereocenters. The van der Waals surface area contributed by atoms with E-state index < -0.39 is 0 Å². The minimum atomic E-state index is 0.132. The van der Waals surface area contributed by atoms with Crippen molar-refractivity contribution in [2.45, 2.75) is 39.7 Å². The molecule has 0 spiro atoms. The van der Waals surface area contributed by atoms with Crippen LogP contribution in [0.15, 0.2) is 30.6 Å². The second kappa shape index (κ2) is 7.10. The fourth-order valence-corrected chi connectivity index (χ4v) is 2.30. The van der Waals surface area contributed by atoms with Crippen molar-refractivity contribution in [3.8, 4) is 0 Å². The number of rotatable bonds is 6. The Morgan fingerprint density at radius 3 is 2.75 bits per heavy atom. The van der Waals surface area contributed by atoms with Gasteiger partial charge < -0.3 is 5.32 Å². The van der Waals surface area contributed by atoms with E-state index in [0.29, 0.717) is 0 Å². The van der Waals surface area contributed by atoms with E-state index in [1.165, 1.54) is 11.1 Å². The Morgan fingerprint density at radius 2 is 2.10 bits per heavy atom. The summed E-state index contributed by atoms with van der Waals surface area (Å²) in [6.45, 7) is 7.23. The van der Waals surface area contributed by atoms with E-state index >= 15 is 0 Å². The molecule has 20 heavy (non-hydrogen) atoms. The minimum absolute atomic E-state index is 0.132. The van der Waals surface area contributed by atoms with Crippen LogP contribution in [0, 0.1) is 6.92 Å². The maximum absolute atomic E-state index is 4.34. The summed E-state index contributed by atoms with van der Waals surface area (Å²) in [7, 11) is 0. The summed E-state index contributed by atoms with van der Waals surface area (Å²) in [6, 6.07) is 6.35. The average molecular weight is 270 g/mol. The third-order valence-electron chi connectivity index (χ3n) is 3.29. The topological polar surface area (TPSA) is 50.7 Å². The Bertz CT molecular complexity index is 539. The first-order valence-corrected chi connectivity index (χ1v) is 7.22. The second-order valence-corrected chi connectivity index (χ2v) is 4.91. The Balaban J connectivity index is 2.43. The molecule has 0 bridgehead atoms. The predicted molar refractivity (Wildman–Crippen MR) is 80.5 cm³/mol. The zero-order valence-corrected chi connectivity index (χ0v) is 12.4. The minimum Gasteiger partial charge on any atom is -0.306 e. The zero-order chi connectivity index (χ0) is 14.4. The van der Waals surface area contributed by atoms with Gasteiger partial charge >= 0.3 is 0 Å². The molecule has 2 aromatic heterocycles. The third-order valence-corrected chi connectivity index (χ3v) is 3.29. The molecule has 0 saturated carbocycles. The van der Waals surface area contributed by atoms with E-state index in [2.05, 4.69) is 46.5 Å². The highest BCUT2D eigenvalue weighted by molar-refractivity contribution is 5.33. The molecule has 0 aliphatic rings. The summed E-state index contributed by atoms with van der Waals surface area (Å²) < 4.78 is 0. The van der Waals surface area contributed by atoms with Crippen LogP contribution in [0.25, 0.3) is 0 Å². The summed E-state index contributed by atoms with van der Waals surface area (Å²) in [5.74, 6) is 0. The van der Waals surface area contributed by atoms with E-state index in [-0.39, 0.29) is 6.04 Å². The van der Waals surface area contributed by atoms with Gasteiger partial charge in [0.15, 0.2) is 0 Å². The standard InChI is InChI=1S/C16H22N4/c1-4-8-18-16(13-7-6-9-17-11-13)14-10-12(3)19-20-15(14)5-2/h6-7,9-11,16,18H,4-5,8H2,1-3H3. The molecule has 0 saturated heterocycles. The van der Waals surface area contributed by atoms with Crippen molar-refractivity contribution in [1.29, 1.82) is 0 Å². The first-order valence-electron chi connectivity index (χ1n) is 7.22. The van der Waals surface area contributed by atoms with Gasteiger partial charge in [-0.25, -0.2) is 0 Å². The molecule has 1 N–H and O–H groups in total. The smallest absolute Gasteiger partial charge is 0.0679 e. The molecule has 2 aromatic rings. The van der Waals surface area contributed by atoms with Crippen LogP contribution in [-0.4, -0.2) is 21.7 Å². The quantitative estimate of drug-likeness (QED) is 0.877. The van der Waals surface area contributed by atoms with Gasteiger partial charge in [0, 0.05) is 12.4 Å². The van der Waals surface area contributed by atoms with Crippen molar-refractivity contribution in [2.75, 3.05) is 6.54 Å². The fraction of sp³-hybridized carbons (Fsp3) is 0.438. The number of aromatic nitrogens is 3. The van der Waals surface area contributed by atoms with Crippen molar-refractivity contribution in [2.24, 2.45) is 0 Å². The first kappa shape index (κ1) is 14.6. The number of nitrogens with one attached hydrogen (secondary N) is 1. The number of hydrogen-bond donors (Lipinski definition) is 1. The van der Waals surface area contributed by atoms with Gasteiger partial charge in [-0.1, -0.05) is 19.9 Å². The van der Waals surface area contributed by atoms with Crippen LogP contribution in [0.4, 0.5) is 0 Å². The van der Waals surface area contributed by atoms with Crippen LogP contribution in [-0.2, 0) is 6.42 Å². The van der Waals surface area contributed by atoms with E-state index in [9.17, 15) is 0 Å². The summed E-state index contributed by atoms with van der Waals surface area (Å²) >= 11 is 0. The van der Waals surface area contributed by atoms with E-state index in [1.54, 1.807) is 6.20 Å². The highest BCUT2D eigenvalue weighted by Crippen LogP contribution is 2.24. The lowest BCUT2D eigenvalue weighted by Gasteiger charge is -2.21. The molecule has 2 rings (SSSR count). The van der Waals surface area contributed by atoms with Gasteiger partial charge in [-0.05, 0) is 49.6 Å². The lowest BCUT2D eigenvalue weighted by Crippen LogP contribution is -2.25. The molecule has 0 aliphatic heterocycles. The average Bonchev–Trinajstić information content (AvgIpc) is 2.49. The Kier molecular flexibility index (Phi) is 5.18. The van der Waals surface area contributed by atoms with Crippen molar-refractivity contribution in [1.82, 2.24) is 20.5 Å². The fourth-order valence-electron chi connectivity index (χ4n) is 2.30. The van der Waals surface area contributed by atoms with E-state index in [1.807, 2.05) is 19.2 Å². The molecular formula is C16H22N4. The van der Waals surface area contributed by atoms with Crippen LogP contribution in [0.5, 0.6) is 0 Å². The van der Waals surface area contributed by atoms with Gasteiger partial charge in [-0.2, -0.15) is 10.2 Å². The van der Waals surface area contributed by atoms with Crippen molar-refractivity contribution in [3.63, 3.8) is 0 Å². The second-order valence-electron chi connectivity index (χ2n) is 4.91. The SMILES string of the molecule is CCCNC(c1cccnc1)c1cc(C)nnc1CC. The molecular weight excluding hydrogens is 248 g/mol. The Labute approximate surface area is 120 Å². The van der Waals surface area contributed by atoms with Crippen molar-refractivity contribution >= 4 is 0 Å². The summed E-state index contributed by atoms with van der Waals surface area (Å²) in [5.41, 5.74) is 4.38. The van der Waals surface area contributed by atoms with Gasteiger partial charge in [0.05, 0.1) is 17.4 Å². The molecule has 0 fully saturated rings. The summed E-state index contributed by atoms with van der Waals surface area (Å²) in [6.07, 6.45) is 5.70. The van der Waals surface area contributed by atoms with Gasteiger partial charge in [-0.15, -0.1) is 0 Å². The first-order chi connectivity index (χ1) is 9.76. The van der Waals surface area contributed by atoms with Gasteiger partial charge in [0.2, 0.25) is 0 Å². The number of nitrogens with zero attached hydrogens (tertiary/aromatic N) is 3. The normalized spacial score (nSPS) is 12.3. The molecule has 0 aromatic carbocycles. The van der Waals surface area contributed by atoms with Crippen LogP contribution in [0.3, 0.4) is 0 Å². The molecule has 2 heterocycles. The van der Waals surface area contributed by atoms with Crippen LogP contribution in [0.2, 0.25) is 0 Å². The highest BCUT2D eigenvalue weighted by atomic mass is 15.1. The van der Waals surface area contributed by atoms with Crippen molar-refractivity contribution in [3.05, 3.63) is 53.1 Å². The number of pyridine rings is 1. The molecule has 0 aliphatic carbocycles. The summed E-state index contributed by atoms with van der Waals surface area (Å²) in [4.78, 5) is 4.24. The van der Waals surface area contributed by atoms with Crippen LogP contribution in [0.1, 0.15) is 48.8 Å². The lowest BCUT2D eigenvalue weighted by molar-refractivity contribution is 0.587. The van der Waals surface area contributed by atoms with Gasteiger partial charge in [-0.3, -0.25) is 4.98 Å². The predicted octanol–water partition coefficient (Wildman–Crippen LogP) is 2.83. The van der Waals surface area contributed by atoms with Crippen LogP contribution < -0.4 is 5.32 Å². The molecule has 4 heteroatoms. The zero-order valence-electron chi connectivity index (χ0n) is 12.4. The molecule has 1 unspecified atom stereocenters. The van der Waals surface area contributed by atoms with Gasteiger partial charge in [0.25, 0.3) is 0 Å². The molecule has 0 radical (unpaired) electrons. The molecule has 106 valence electrons. The molecule has 4 nitrogen and oxygen atoms in total. The van der Waals surface area contributed by atoms with Gasteiger partial charge in [0.1, 0.15) is 0 Å². The maximum atomic E-state index is 4.34. The Morgan fingerprint density at radius 1 is 1.25 bits per heavy atom. The van der Waals surface area contributed by atoms with E-state index in [4.69, 9.17) is 0 Å². The lowest BCUT2D eigenvalue weighted by atomic mass is 9.97. The summed E-state index contributed by atoms with van der Waals surface area (Å²) in [5, 5.41) is 12.1. The molecule has 0 amide bonds. The largest absolute Gasteiger partial charge is 0.306 e. The highest BCUT2D eigenvalue weighted by Gasteiger charge is 2.18.